The number of aryl methyl sites for hydroxylation is 1. The maximum atomic E-state index is 6.37. The number of rotatable bonds is 3. The van der Waals surface area contributed by atoms with Gasteiger partial charge in [0.2, 0.25) is 0 Å². The summed E-state index contributed by atoms with van der Waals surface area (Å²) >= 11 is 6.37. The molecule has 26 heavy (non-hydrogen) atoms. The van der Waals surface area contributed by atoms with Gasteiger partial charge < -0.3 is 14.8 Å². The van der Waals surface area contributed by atoms with E-state index in [1.807, 2.05) is 31.3 Å². The number of hydrogen-bond donors (Lipinski definition) is 1. The second-order valence-corrected chi connectivity index (χ2v) is 7.50. The number of allylic oxidation sites excluding steroid dienone is 2. The Hall–Kier alpha value is -2.37. The quantitative estimate of drug-likeness (QED) is 0.906. The maximum absolute atomic E-state index is 6.37. The van der Waals surface area contributed by atoms with Gasteiger partial charge in [0, 0.05) is 23.3 Å². The molecule has 2 aromatic rings. The van der Waals surface area contributed by atoms with Gasteiger partial charge in [-0.1, -0.05) is 23.8 Å². The van der Waals surface area contributed by atoms with Crippen molar-refractivity contribution in [3.8, 4) is 5.69 Å². The summed E-state index contributed by atoms with van der Waals surface area (Å²) in [4.78, 5) is 11.8. The topological polar surface area (TPSA) is 45.5 Å². The molecule has 0 radical (unpaired) electrons. The highest BCUT2D eigenvalue weighted by Gasteiger charge is 2.37. The van der Waals surface area contributed by atoms with Gasteiger partial charge in [0.15, 0.2) is 0 Å². The van der Waals surface area contributed by atoms with Gasteiger partial charge >= 0.3 is 0 Å². The average Bonchev–Trinajstić information content (AvgIpc) is 2.89. The first-order valence-electron chi connectivity index (χ1n) is 8.65. The summed E-state index contributed by atoms with van der Waals surface area (Å²) in [5.74, 6) is 0.941. The molecular weight excluding hydrogens is 346 g/mol. The number of aromatic nitrogens is 2. The van der Waals surface area contributed by atoms with E-state index in [4.69, 9.17) is 16.6 Å². The summed E-state index contributed by atoms with van der Waals surface area (Å²) in [5, 5.41) is 4.24. The molecule has 4 rings (SSSR count). The fourth-order valence-corrected chi connectivity index (χ4v) is 3.90. The van der Waals surface area contributed by atoms with E-state index in [1.165, 1.54) is 0 Å². The van der Waals surface area contributed by atoms with Crippen LogP contribution in [0.15, 0.2) is 53.8 Å². The molecule has 1 aromatic heterocycles. The van der Waals surface area contributed by atoms with E-state index in [0.717, 1.165) is 35.0 Å². The molecule has 1 N–H and O–H groups in total. The van der Waals surface area contributed by atoms with Crippen LogP contribution in [0.25, 0.3) is 5.69 Å². The number of nitrogens with one attached hydrogen (secondary N) is 1. The van der Waals surface area contributed by atoms with Crippen molar-refractivity contribution in [2.75, 3.05) is 20.6 Å². The Morgan fingerprint density at radius 1 is 1.31 bits per heavy atom. The van der Waals surface area contributed by atoms with Crippen LogP contribution in [-0.4, -0.2) is 46.3 Å². The SMILES string of the molecule is Cc1cn2c(n1)CN=C(C1(CN(C)C)C=CC=CN1)c1cc(Cl)ccc1-2. The predicted molar refractivity (Wildman–Crippen MR) is 106 cm³/mol. The van der Waals surface area contributed by atoms with Crippen molar-refractivity contribution >= 4 is 17.3 Å². The van der Waals surface area contributed by atoms with Crippen molar-refractivity contribution in [2.45, 2.75) is 19.0 Å². The van der Waals surface area contributed by atoms with Gasteiger partial charge in [0.25, 0.3) is 0 Å². The molecule has 0 amide bonds. The van der Waals surface area contributed by atoms with Crippen LogP contribution < -0.4 is 5.32 Å². The highest BCUT2D eigenvalue weighted by molar-refractivity contribution is 6.31. The molecule has 3 heterocycles. The number of nitrogens with zero attached hydrogens (tertiary/aromatic N) is 4. The van der Waals surface area contributed by atoms with Crippen molar-refractivity contribution in [1.29, 1.82) is 0 Å². The van der Waals surface area contributed by atoms with E-state index in [9.17, 15) is 0 Å². The minimum absolute atomic E-state index is 0.420. The molecule has 6 heteroatoms. The second-order valence-electron chi connectivity index (χ2n) is 7.07. The van der Waals surface area contributed by atoms with Crippen LogP contribution in [-0.2, 0) is 6.54 Å². The van der Waals surface area contributed by atoms with E-state index in [1.54, 1.807) is 0 Å². The number of hydrogen-bond acceptors (Lipinski definition) is 4. The summed E-state index contributed by atoms with van der Waals surface area (Å²) in [6, 6.07) is 5.98. The minimum atomic E-state index is -0.420. The van der Waals surface area contributed by atoms with Gasteiger partial charge in [-0.05, 0) is 51.5 Å². The molecule has 1 aromatic carbocycles. The van der Waals surface area contributed by atoms with Crippen LogP contribution in [0.5, 0.6) is 0 Å². The summed E-state index contributed by atoms with van der Waals surface area (Å²) in [6.07, 6.45) is 10.3. The Balaban J connectivity index is 1.93. The fourth-order valence-electron chi connectivity index (χ4n) is 3.73. The van der Waals surface area contributed by atoms with Gasteiger partial charge in [-0.2, -0.15) is 0 Å². The Bertz CT molecular complexity index is 938. The summed E-state index contributed by atoms with van der Waals surface area (Å²) < 4.78 is 2.13. The number of benzene rings is 1. The van der Waals surface area contributed by atoms with Crippen molar-refractivity contribution in [3.63, 3.8) is 0 Å². The number of halogens is 1. The summed E-state index contributed by atoms with van der Waals surface area (Å²) in [7, 11) is 4.14. The number of likely N-dealkylation sites (N-methyl/N-ethyl adjacent to an activating group) is 1. The minimum Gasteiger partial charge on any atom is -0.376 e. The zero-order chi connectivity index (χ0) is 18.3. The van der Waals surface area contributed by atoms with E-state index in [0.29, 0.717) is 11.6 Å². The lowest BCUT2D eigenvalue weighted by Gasteiger charge is -2.37. The standard InChI is InChI=1S/C20H22ClN5/c1-14-12-26-17-7-6-15(21)10-16(17)19(22-11-18(26)24-14)20(13-25(2)3)8-4-5-9-23-20/h4-10,12,23H,11,13H2,1-3H3. The zero-order valence-corrected chi connectivity index (χ0v) is 16.0. The Kier molecular flexibility index (Phi) is 4.21. The lowest BCUT2D eigenvalue weighted by Crippen LogP contribution is -2.56. The van der Waals surface area contributed by atoms with Crippen LogP contribution in [0.1, 0.15) is 17.1 Å². The second kappa shape index (κ2) is 6.41. The van der Waals surface area contributed by atoms with Crippen molar-refractivity contribution < 1.29 is 0 Å². The molecule has 0 spiro atoms. The van der Waals surface area contributed by atoms with Gasteiger partial charge in [0.05, 0.1) is 23.6 Å². The maximum Gasteiger partial charge on any atom is 0.135 e. The highest BCUT2D eigenvalue weighted by atomic mass is 35.5. The first-order valence-corrected chi connectivity index (χ1v) is 9.03. The Labute approximate surface area is 158 Å². The monoisotopic (exact) mass is 367 g/mol. The molecule has 2 aliphatic heterocycles. The first-order chi connectivity index (χ1) is 12.5. The lowest BCUT2D eigenvalue weighted by atomic mass is 9.85. The van der Waals surface area contributed by atoms with E-state index < -0.39 is 5.54 Å². The third kappa shape index (κ3) is 2.87. The van der Waals surface area contributed by atoms with Gasteiger partial charge in [-0.3, -0.25) is 4.99 Å². The Morgan fingerprint density at radius 2 is 2.15 bits per heavy atom. The largest absolute Gasteiger partial charge is 0.376 e. The van der Waals surface area contributed by atoms with Crippen LogP contribution >= 0.6 is 11.6 Å². The third-order valence-electron chi connectivity index (χ3n) is 4.67. The molecule has 0 saturated carbocycles. The molecule has 0 saturated heterocycles. The van der Waals surface area contributed by atoms with Crippen LogP contribution in [0.4, 0.5) is 0 Å². The molecule has 5 nitrogen and oxygen atoms in total. The smallest absolute Gasteiger partial charge is 0.135 e. The highest BCUT2D eigenvalue weighted by Crippen LogP contribution is 2.30. The number of dihydropyridines is 1. The van der Waals surface area contributed by atoms with Gasteiger partial charge in [-0.25, -0.2) is 4.98 Å². The lowest BCUT2D eigenvalue weighted by molar-refractivity contribution is 0.348. The van der Waals surface area contributed by atoms with E-state index >= 15 is 0 Å². The van der Waals surface area contributed by atoms with E-state index in [2.05, 4.69) is 58.3 Å². The van der Waals surface area contributed by atoms with Gasteiger partial charge in [0.1, 0.15) is 11.4 Å². The van der Waals surface area contributed by atoms with Crippen molar-refractivity contribution in [1.82, 2.24) is 19.8 Å². The normalized spacial score (nSPS) is 21.0. The van der Waals surface area contributed by atoms with Crippen molar-refractivity contribution in [3.05, 3.63) is 70.9 Å². The number of fused-ring (bicyclic) bond motifs is 3. The number of aliphatic imine (C=N–C) groups is 1. The zero-order valence-electron chi connectivity index (χ0n) is 15.2. The summed E-state index contributed by atoms with van der Waals surface area (Å²) in [5.41, 5.74) is 3.64. The molecule has 134 valence electrons. The Morgan fingerprint density at radius 3 is 2.88 bits per heavy atom. The number of imidazole rings is 1. The third-order valence-corrected chi connectivity index (χ3v) is 4.90. The van der Waals surface area contributed by atoms with Gasteiger partial charge in [-0.15, -0.1) is 0 Å². The molecule has 2 aliphatic rings. The summed E-state index contributed by atoms with van der Waals surface area (Å²) in [6.45, 7) is 3.31. The van der Waals surface area contributed by atoms with Crippen LogP contribution in [0.3, 0.4) is 0 Å². The molecular formula is C20H22ClN5. The van der Waals surface area contributed by atoms with Crippen LogP contribution in [0, 0.1) is 6.92 Å². The molecule has 0 aliphatic carbocycles. The molecule has 0 bridgehead atoms. The molecule has 1 unspecified atom stereocenters. The molecule has 0 fully saturated rings. The van der Waals surface area contributed by atoms with Crippen molar-refractivity contribution in [2.24, 2.45) is 4.99 Å². The average molecular weight is 368 g/mol. The predicted octanol–water partition coefficient (Wildman–Crippen LogP) is 3.11. The fraction of sp³-hybridized carbons (Fsp3) is 0.300. The van der Waals surface area contributed by atoms with Crippen LogP contribution in [0.2, 0.25) is 5.02 Å². The van der Waals surface area contributed by atoms with E-state index in [-0.39, 0.29) is 0 Å². The molecule has 1 atom stereocenters. The first kappa shape index (κ1) is 17.1.